The molecule has 0 bridgehead atoms. The normalized spacial score (nSPS) is 59.0. The van der Waals surface area contributed by atoms with E-state index in [9.17, 15) is 5.11 Å². The maximum Gasteiger partial charge on any atom is 0.0681 e. The molecular weight excluding hydrogens is 184 g/mol. The Hall–Kier alpha value is -0.0400. The summed E-state index contributed by atoms with van der Waals surface area (Å²) in [6.07, 6.45) is 10.4. The molecule has 0 aliphatic heterocycles. The minimum Gasteiger partial charge on any atom is -0.390 e. The molecule has 3 rings (SSSR count). The van der Waals surface area contributed by atoms with E-state index in [1.54, 1.807) is 0 Å². The Morgan fingerprint density at radius 2 is 1.67 bits per heavy atom. The topological polar surface area (TPSA) is 20.2 Å². The van der Waals surface area contributed by atoms with Gasteiger partial charge in [0, 0.05) is 5.41 Å². The van der Waals surface area contributed by atoms with Gasteiger partial charge in [0.05, 0.1) is 5.60 Å². The Morgan fingerprint density at radius 1 is 1.00 bits per heavy atom. The molecule has 0 radical (unpaired) electrons. The summed E-state index contributed by atoms with van der Waals surface area (Å²) in [6.45, 7) is 4.57. The summed E-state index contributed by atoms with van der Waals surface area (Å²) < 4.78 is 0. The molecule has 0 aromatic heterocycles. The Balaban J connectivity index is 2.11. The molecule has 1 heteroatoms. The zero-order valence-electron chi connectivity index (χ0n) is 10.2. The van der Waals surface area contributed by atoms with Crippen LogP contribution in [-0.4, -0.2) is 10.7 Å². The molecule has 3 saturated carbocycles. The molecule has 1 nitrogen and oxygen atoms in total. The van der Waals surface area contributed by atoms with Crippen molar-refractivity contribution >= 4 is 0 Å². The van der Waals surface area contributed by atoms with Crippen LogP contribution in [0.25, 0.3) is 0 Å². The SMILES string of the molecule is C[C@H]1CCC23CCCC12CCCC3(C)O. The summed E-state index contributed by atoms with van der Waals surface area (Å²) in [5, 5.41) is 10.8. The predicted octanol–water partition coefficient (Wildman–Crippen LogP) is 3.51. The van der Waals surface area contributed by atoms with Crippen molar-refractivity contribution in [3.63, 3.8) is 0 Å². The lowest BCUT2D eigenvalue weighted by Gasteiger charge is -2.55. The molecule has 0 heterocycles. The lowest BCUT2D eigenvalue weighted by molar-refractivity contribution is -0.156. The molecule has 0 aromatic rings. The van der Waals surface area contributed by atoms with Crippen molar-refractivity contribution in [1.29, 1.82) is 0 Å². The number of hydrogen-bond acceptors (Lipinski definition) is 1. The van der Waals surface area contributed by atoms with Gasteiger partial charge in [0.1, 0.15) is 0 Å². The Morgan fingerprint density at radius 3 is 2.33 bits per heavy atom. The first-order chi connectivity index (χ1) is 7.04. The van der Waals surface area contributed by atoms with Crippen LogP contribution >= 0.6 is 0 Å². The Kier molecular flexibility index (Phi) is 1.89. The summed E-state index contributed by atoms with van der Waals surface area (Å²) in [5.74, 6) is 0.853. The van der Waals surface area contributed by atoms with Crippen molar-refractivity contribution in [2.75, 3.05) is 0 Å². The number of rotatable bonds is 0. The van der Waals surface area contributed by atoms with Gasteiger partial charge in [-0.05, 0) is 63.2 Å². The molecule has 86 valence electrons. The lowest BCUT2D eigenvalue weighted by Crippen LogP contribution is -2.55. The van der Waals surface area contributed by atoms with E-state index in [0.717, 1.165) is 12.3 Å². The monoisotopic (exact) mass is 208 g/mol. The molecule has 3 unspecified atom stereocenters. The average molecular weight is 208 g/mol. The molecule has 15 heavy (non-hydrogen) atoms. The number of hydrogen-bond donors (Lipinski definition) is 1. The molecular formula is C14H24O. The fraction of sp³-hybridized carbons (Fsp3) is 1.00. The molecule has 3 aliphatic carbocycles. The molecule has 0 aromatic carbocycles. The second-order valence-electron chi connectivity index (χ2n) is 6.66. The van der Waals surface area contributed by atoms with Crippen LogP contribution in [0.5, 0.6) is 0 Å². The van der Waals surface area contributed by atoms with E-state index in [1.807, 2.05) is 0 Å². The highest BCUT2D eigenvalue weighted by atomic mass is 16.3. The summed E-state index contributed by atoms with van der Waals surface area (Å²) in [7, 11) is 0. The lowest BCUT2D eigenvalue weighted by atomic mass is 9.51. The fourth-order valence-corrected chi connectivity index (χ4v) is 5.70. The van der Waals surface area contributed by atoms with Gasteiger partial charge in [-0.25, -0.2) is 0 Å². The average Bonchev–Trinajstić information content (AvgIpc) is 2.66. The first-order valence-electron chi connectivity index (χ1n) is 6.77. The number of aliphatic hydroxyl groups is 1. The van der Waals surface area contributed by atoms with E-state index in [1.165, 1.54) is 44.9 Å². The van der Waals surface area contributed by atoms with E-state index in [4.69, 9.17) is 0 Å². The van der Waals surface area contributed by atoms with Gasteiger partial charge < -0.3 is 5.11 Å². The smallest absolute Gasteiger partial charge is 0.0681 e. The molecule has 0 spiro atoms. The van der Waals surface area contributed by atoms with Crippen LogP contribution in [0.3, 0.4) is 0 Å². The van der Waals surface area contributed by atoms with E-state index in [0.29, 0.717) is 10.8 Å². The largest absolute Gasteiger partial charge is 0.390 e. The molecule has 3 fully saturated rings. The van der Waals surface area contributed by atoms with Gasteiger partial charge in [-0.15, -0.1) is 0 Å². The van der Waals surface area contributed by atoms with Crippen LogP contribution in [-0.2, 0) is 0 Å². The Labute approximate surface area is 93.3 Å². The van der Waals surface area contributed by atoms with Crippen LogP contribution in [0.1, 0.15) is 65.2 Å². The van der Waals surface area contributed by atoms with Gasteiger partial charge in [-0.3, -0.25) is 0 Å². The minimum absolute atomic E-state index is 0.303. The van der Waals surface area contributed by atoms with Gasteiger partial charge >= 0.3 is 0 Å². The van der Waals surface area contributed by atoms with Crippen molar-refractivity contribution in [2.24, 2.45) is 16.7 Å². The zero-order valence-corrected chi connectivity index (χ0v) is 10.2. The van der Waals surface area contributed by atoms with Crippen LogP contribution < -0.4 is 0 Å². The highest BCUT2D eigenvalue weighted by molar-refractivity contribution is 5.18. The molecule has 0 saturated heterocycles. The molecule has 0 amide bonds. The second-order valence-corrected chi connectivity index (χ2v) is 6.66. The van der Waals surface area contributed by atoms with Crippen LogP contribution in [0.4, 0.5) is 0 Å². The van der Waals surface area contributed by atoms with Gasteiger partial charge in [0.2, 0.25) is 0 Å². The van der Waals surface area contributed by atoms with Crippen LogP contribution in [0.15, 0.2) is 0 Å². The summed E-state index contributed by atoms with van der Waals surface area (Å²) in [4.78, 5) is 0. The molecule has 3 aliphatic rings. The highest BCUT2D eigenvalue weighted by Gasteiger charge is 2.68. The van der Waals surface area contributed by atoms with E-state index in [-0.39, 0.29) is 5.60 Å². The first-order valence-corrected chi connectivity index (χ1v) is 6.77. The standard InChI is InChI=1S/C14H24O/c1-11-5-10-14-9-4-8-13(11,14)7-3-6-12(14,2)15/h11,15H,3-10H2,1-2H3/t11-,12?,13?,14?/m0/s1. The predicted molar refractivity (Wildman–Crippen MR) is 61.6 cm³/mol. The van der Waals surface area contributed by atoms with Crippen molar-refractivity contribution in [2.45, 2.75) is 70.8 Å². The van der Waals surface area contributed by atoms with Crippen molar-refractivity contribution in [3.05, 3.63) is 0 Å². The molecule has 4 atom stereocenters. The third-order valence-electron chi connectivity index (χ3n) is 6.44. The van der Waals surface area contributed by atoms with Gasteiger partial charge in [0.25, 0.3) is 0 Å². The third kappa shape index (κ3) is 0.945. The zero-order chi connectivity index (χ0) is 10.7. The maximum atomic E-state index is 10.8. The second kappa shape index (κ2) is 2.80. The van der Waals surface area contributed by atoms with Crippen molar-refractivity contribution < 1.29 is 5.11 Å². The van der Waals surface area contributed by atoms with Crippen LogP contribution in [0, 0.1) is 16.7 Å². The summed E-state index contributed by atoms with van der Waals surface area (Å²) in [5.41, 5.74) is 0.457. The van der Waals surface area contributed by atoms with Crippen LogP contribution in [0.2, 0.25) is 0 Å². The fourth-order valence-electron chi connectivity index (χ4n) is 5.70. The van der Waals surface area contributed by atoms with E-state index in [2.05, 4.69) is 13.8 Å². The summed E-state index contributed by atoms with van der Waals surface area (Å²) in [6, 6.07) is 0. The summed E-state index contributed by atoms with van der Waals surface area (Å²) >= 11 is 0. The minimum atomic E-state index is -0.369. The quantitative estimate of drug-likeness (QED) is 0.646. The maximum absolute atomic E-state index is 10.8. The van der Waals surface area contributed by atoms with Gasteiger partial charge in [-0.1, -0.05) is 13.3 Å². The van der Waals surface area contributed by atoms with E-state index >= 15 is 0 Å². The van der Waals surface area contributed by atoms with Crippen molar-refractivity contribution in [3.8, 4) is 0 Å². The van der Waals surface area contributed by atoms with Gasteiger partial charge in [0.15, 0.2) is 0 Å². The first kappa shape index (κ1) is 10.1. The van der Waals surface area contributed by atoms with Gasteiger partial charge in [-0.2, -0.15) is 0 Å². The third-order valence-corrected chi connectivity index (χ3v) is 6.44. The van der Waals surface area contributed by atoms with E-state index < -0.39 is 0 Å². The highest BCUT2D eigenvalue weighted by Crippen LogP contribution is 2.73. The Bertz CT molecular complexity index is 283. The molecule has 1 N–H and O–H groups in total. The van der Waals surface area contributed by atoms with Crippen molar-refractivity contribution in [1.82, 2.24) is 0 Å².